The average Bonchev–Trinajstić information content (AvgIpc) is 3.30. The Bertz CT molecular complexity index is 1030. The quantitative estimate of drug-likeness (QED) is 0.482. The van der Waals surface area contributed by atoms with Crippen LogP contribution in [0.1, 0.15) is 39.0 Å². The molecule has 1 amide bonds. The summed E-state index contributed by atoms with van der Waals surface area (Å²) in [5.41, 5.74) is 2.99. The zero-order chi connectivity index (χ0) is 20.3. The van der Waals surface area contributed by atoms with Crippen LogP contribution in [0.5, 0.6) is 0 Å². The number of carbonyl (C=O) groups is 3. The molecule has 0 unspecified atom stereocenters. The van der Waals surface area contributed by atoms with E-state index >= 15 is 0 Å². The highest BCUT2D eigenvalue weighted by Crippen LogP contribution is 2.31. The minimum Gasteiger partial charge on any atom is -0.465 e. The monoisotopic (exact) mass is 396 g/mol. The van der Waals surface area contributed by atoms with E-state index in [4.69, 9.17) is 4.74 Å². The first-order valence-corrected chi connectivity index (χ1v) is 9.53. The zero-order valence-electron chi connectivity index (χ0n) is 15.8. The van der Waals surface area contributed by atoms with E-state index < -0.39 is 5.97 Å². The number of thiophene rings is 1. The minimum atomic E-state index is -0.581. The highest BCUT2D eigenvalue weighted by molar-refractivity contribution is 7.13. The normalized spacial score (nSPS) is 10.5. The number of benzene rings is 1. The largest absolute Gasteiger partial charge is 0.465 e. The van der Waals surface area contributed by atoms with Crippen LogP contribution in [0.3, 0.4) is 0 Å². The van der Waals surface area contributed by atoms with Gasteiger partial charge in [0.15, 0.2) is 5.78 Å². The van der Waals surface area contributed by atoms with Crippen molar-refractivity contribution in [3.8, 4) is 10.4 Å². The molecule has 2 heterocycles. The predicted octanol–water partition coefficient (Wildman–Crippen LogP) is 4.22. The lowest BCUT2D eigenvalue weighted by atomic mass is 10.1. The van der Waals surface area contributed by atoms with Crippen LogP contribution in [-0.2, 0) is 16.0 Å². The molecule has 6 nitrogen and oxygen atoms in total. The van der Waals surface area contributed by atoms with Gasteiger partial charge in [-0.1, -0.05) is 24.3 Å². The van der Waals surface area contributed by atoms with Gasteiger partial charge in [0.1, 0.15) is 0 Å². The first-order valence-electron chi connectivity index (χ1n) is 8.65. The average molecular weight is 396 g/mol. The topological polar surface area (TPSA) is 88.3 Å². The van der Waals surface area contributed by atoms with Gasteiger partial charge in [0.25, 0.3) is 0 Å². The van der Waals surface area contributed by atoms with Crippen molar-refractivity contribution in [2.75, 3.05) is 12.4 Å². The number of amides is 1. The molecule has 3 aromatic rings. The van der Waals surface area contributed by atoms with E-state index in [-0.39, 0.29) is 23.7 Å². The number of nitrogens with one attached hydrogen (secondary N) is 2. The van der Waals surface area contributed by atoms with Gasteiger partial charge in [0.05, 0.1) is 24.8 Å². The summed E-state index contributed by atoms with van der Waals surface area (Å²) in [6.07, 6.45) is -0.0860. The van der Waals surface area contributed by atoms with Crippen molar-refractivity contribution in [1.82, 2.24) is 4.98 Å². The molecule has 0 fully saturated rings. The molecule has 0 aliphatic carbocycles. The summed E-state index contributed by atoms with van der Waals surface area (Å²) in [5.74, 6) is -1.09. The lowest BCUT2D eigenvalue weighted by molar-refractivity contribution is -0.115. The molecule has 0 saturated heterocycles. The number of hydrogen-bond donors (Lipinski definition) is 2. The van der Waals surface area contributed by atoms with Gasteiger partial charge in [-0.3, -0.25) is 9.59 Å². The van der Waals surface area contributed by atoms with Gasteiger partial charge < -0.3 is 15.0 Å². The van der Waals surface area contributed by atoms with Crippen LogP contribution in [0.4, 0.5) is 5.69 Å². The number of hydrogen-bond acceptors (Lipinski definition) is 5. The van der Waals surface area contributed by atoms with Crippen molar-refractivity contribution in [3.05, 3.63) is 64.3 Å². The number of esters is 1. The van der Waals surface area contributed by atoms with E-state index in [1.54, 1.807) is 18.3 Å². The van der Waals surface area contributed by atoms with Crippen molar-refractivity contribution < 1.29 is 19.1 Å². The maximum atomic E-state index is 12.7. The Hall–Kier alpha value is -3.19. The van der Waals surface area contributed by atoms with Crippen molar-refractivity contribution in [2.45, 2.75) is 20.3 Å². The molecule has 0 saturated carbocycles. The Morgan fingerprint density at radius 1 is 1.14 bits per heavy atom. The van der Waals surface area contributed by atoms with Crippen molar-refractivity contribution in [2.24, 2.45) is 0 Å². The summed E-state index contributed by atoms with van der Waals surface area (Å²) < 4.78 is 4.82. The Balaban J connectivity index is 1.88. The third-order valence-corrected chi connectivity index (χ3v) is 5.30. The number of carbonyl (C=O) groups excluding carboxylic acids is 3. The summed E-state index contributed by atoms with van der Waals surface area (Å²) in [7, 11) is 1.27. The maximum absolute atomic E-state index is 12.7. The second kappa shape index (κ2) is 8.22. The highest BCUT2D eigenvalue weighted by atomic mass is 32.1. The second-order valence-electron chi connectivity index (χ2n) is 6.27. The smallest absolute Gasteiger partial charge is 0.339 e. The van der Waals surface area contributed by atoms with Crippen molar-refractivity contribution in [3.63, 3.8) is 0 Å². The fraction of sp³-hybridized carbons (Fsp3) is 0.190. The SMILES string of the molecule is COC(=O)c1c(CC(=O)Nc2ccccc2-c2cccs2)[nH]c(C(C)=O)c1C. The van der Waals surface area contributed by atoms with Crippen LogP contribution in [0.15, 0.2) is 41.8 Å². The molecule has 1 aromatic carbocycles. The molecule has 0 aliphatic heterocycles. The number of methoxy groups -OCH3 is 1. The third-order valence-electron chi connectivity index (χ3n) is 4.39. The molecule has 3 rings (SSSR count). The maximum Gasteiger partial charge on any atom is 0.339 e. The Morgan fingerprint density at radius 3 is 2.54 bits per heavy atom. The van der Waals surface area contributed by atoms with Crippen LogP contribution < -0.4 is 5.32 Å². The number of para-hydroxylation sites is 1. The summed E-state index contributed by atoms with van der Waals surface area (Å²) in [6, 6.07) is 11.5. The number of anilines is 1. The summed E-state index contributed by atoms with van der Waals surface area (Å²) in [4.78, 5) is 40.6. The van der Waals surface area contributed by atoms with E-state index in [1.807, 2.05) is 41.8 Å². The number of ether oxygens (including phenoxy) is 1. The van der Waals surface area contributed by atoms with Crippen LogP contribution in [0, 0.1) is 6.92 Å². The third kappa shape index (κ3) is 3.89. The Kier molecular flexibility index (Phi) is 5.75. The van der Waals surface area contributed by atoms with E-state index in [1.165, 1.54) is 14.0 Å². The minimum absolute atomic E-state index is 0.0860. The van der Waals surface area contributed by atoms with Gasteiger partial charge in [-0.25, -0.2) is 4.79 Å². The fourth-order valence-corrected chi connectivity index (χ4v) is 3.88. The molecule has 0 bridgehead atoms. The first kappa shape index (κ1) is 19.6. The van der Waals surface area contributed by atoms with Gasteiger partial charge in [0.2, 0.25) is 5.91 Å². The van der Waals surface area contributed by atoms with Crippen LogP contribution >= 0.6 is 11.3 Å². The zero-order valence-corrected chi connectivity index (χ0v) is 16.6. The summed E-state index contributed by atoms with van der Waals surface area (Å²) >= 11 is 1.58. The van der Waals surface area contributed by atoms with E-state index in [0.717, 1.165) is 10.4 Å². The van der Waals surface area contributed by atoms with Crippen molar-refractivity contribution in [1.29, 1.82) is 0 Å². The highest BCUT2D eigenvalue weighted by Gasteiger charge is 2.24. The standard InChI is InChI=1S/C21H20N2O4S/c1-12-19(21(26)27-3)16(23-20(12)13(2)24)11-18(25)22-15-8-5-4-7-14(15)17-9-6-10-28-17/h4-10,23H,11H2,1-3H3,(H,22,25). The van der Waals surface area contributed by atoms with Crippen LogP contribution in [0.2, 0.25) is 0 Å². The van der Waals surface area contributed by atoms with Crippen LogP contribution in [0.25, 0.3) is 10.4 Å². The first-order chi connectivity index (χ1) is 13.4. The molecule has 2 aromatic heterocycles. The van der Waals surface area contributed by atoms with Gasteiger partial charge in [-0.2, -0.15) is 0 Å². The van der Waals surface area contributed by atoms with Gasteiger partial charge in [-0.15, -0.1) is 11.3 Å². The molecule has 0 atom stereocenters. The molecule has 28 heavy (non-hydrogen) atoms. The summed E-state index contributed by atoms with van der Waals surface area (Å²) in [6.45, 7) is 3.06. The number of aromatic nitrogens is 1. The fourth-order valence-electron chi connectivity index (χ4n) is 3.12. The predicted molar refractivity (Wildman–Crippen MR) is 109 cm³/mol. The number of H-pyrrole nitrogens is 1. The van der Waals surface area contributed by atoms with Crippen LogP contribution in [-0.4, -0.2) is 29.8 Å². The number of aromatic amines is 1. The molecular weight excluding hydrogens is 376 g/mol. The van der Waals surface area contributed by atoms with E-state index in [0.29, 0.717) is 22.6 Å². The molecule has 7 heteroatoms. The number of Topliss-reactive ketones (excluding diaryl/α,β-unsaturated/α-hetero) is 1. The van der Waals surface area contributed by atoms with E-state index in [9.17, 15) is 14.4 Å². The number of rotatable bonds is 6. The van der Waals surface area contributed by atoms with Gasteiger partial charge in [0, 0.05) is 28.7 Å². The Labute approximate surface area is 166 Å². The van der Waals surface area contributed by atoms with Crippen molar-refractivity contribution >= 4 is 34.7 Å². The molecule has 0 spiro atoms. The van der Waals surface area contributed by atoms with Gasteiger partial charge >= 0.3 is 5.97 Å². The molecular formula is C21H20N2O4S. The van der Waals surface area contributed by atoms with Gasteiger partial charge in [-0.05, 0) is 30.0 Å². The molecule has 2 N–H and O–H groups in total. The molecule has 0 aliphatic rings. The van der Waals surface area contributed by atoms with E-state index in [2.05, 4.69) is 10.3 Å². The molecule has 144 valence electrons. The Morgan fingerprint density at radius 2 is 1.89 bits per heavy atom. The number of ketones is 1. The molecule has 0 radical (unpaired) electrons. The lowest BCUT2D eigenvalue weighted by Crippen LogP contribution is -2.17. The lowest BCUT2D eigenvalue weighted by Gasteiger charge is -2.10. The second-order valence-corrected chi connectivity index (χ2v) is 7.22. The summed E-state index contributed by atoms with van der Waals surface area (Å²) in [5, 5.41) is 4.87.